The van der Waals surface area contributed by atoms with Gasteiger partial charge in [0.25, 0.3) is 5.75 Å². The average Bonchev–Trinajstić information content (AvgIpc) is 2.98. The van der Waals surface area contributed by atoms with Gasteiger partial charge in [-0.3, -0.25) is 4.79 Å². The second-order valence-corrected chi connectivity index (χ2v) is 11.3. The smallest absolute Gasteiger partial charge is 0.305 e. The minimum absolute atomic E-state index is 0.00921. The number of nitroso groups, excluding NO2 is 1. The molecule has 0 saturated heterocycles. The number of nitrogens with zero attached hydrogens (tertiary/aromatic N) is 1. The lowest BCUT2D eigenvalue weighted by Crippen LogP contribution is -2.64. The van der Waals surface area contributed by atoms with Gasteiger partial charge in [-0.15, -0.1) is 4.91 Å². The molecule has 7 rings (SSSR count). The molecule has 236 valence electrons. The molecule has 0 aromatic heterocycles. The molecule has 3 aliphatic rings. The van der Waals surface area contributed by atoms with Crippen molar-refractivity contribution < 1.29 is 65.0 Å². The molecule has 0 fully saturated rings. The molecule has 3 aliphatic heterocycles. The van der Waals surface area contributed by atoms with Gasteiger partial charge in [-0.1, -0.05) is 5.18 Å². The van der Waals surface area contributed by atoms with E-state index in [2.05, 4.69) is 5.18 Å². The largest absolute Gasteiger partial charge is 0.591 e. The zero-order valence-electron chi connectivity index (χ0n) is 23.4. The van der Waals surface area contributed by atoms with Crippen LogP contribution >= 0.6 is 0 Å². The Bertz CT molecular complexity index is 2030. The second kappa shape index (κ2) is 9.21. The Balaban J connectivity index is 1.51. The number of carbonyl (C=O) groups excluding carboxylic acids is 1. The fourth-order valence-corrected chi connectivity index (χ4v) is 6.63. The summed E-state index contributed by atoms with van der Waals surface area (Å²) in [6, 6.07) is 7.08. The van der Waals surface area contributed by atoms with Crippen molar-refractivity contribution in [3.63, 3.8) is 0 Å². The van der Waals surface area contributed by atoms with Gasteiger partial charge in [0.1, 0.15) is 46.2 Å². The molecular weight excluding hydrogens is 610 g/mol. The highest BCUT2D eigenvalue weighted by Crippen LogP contribution is 2.64. The predicted octanol–water partition coefficient (Wildman–Crippen LogP) is 2.82. The van der Waals surface area contributed by atoms with Crippen LogP contribution in [0.1, 0.15) is 45.6 Å². The van der Waals surface area contributed by atoms with Crippen molar-refractivity contribution in [2.75, 3.05) is 0 Å². The van der Waals surface area contributed by atoms with E-state index < -0.39 is 81.0 Å². The Morgan fingerprint density at radius 2 is 1.46 bits per heavy atom. The maximum absolute atomic E-state index is 13.8. The Hall–Kier alpha value is -6.09. The standard InChI is InChI=1S/C31H23NO14/c1-30-21-16(37)7-11(33)8-18(21)45-31(29(30)42,10-2-4-13(34)15(36)6-10)46-19-9-17-20(26(40)22(19)30)27(41)23(32-43)28(44-17)12-3-5-14(35)25(39)24(12)38/h2-9,23,28-29,33-40,42H,1H3/p+1. The molecular formula is C31H24NO14+. The molecule has 46 heavy (non-hydrogen) atoms. The van der Waals surface area contributed by atoms with Gasteiger partial charge in [0, 0.05) is 41.0 Å². The number of phenols is 7. The topological polar surface area (TPSA) is 259 Å². The highest BCUT2D eigenvalue weighted by molar-refractivity contribution is 6.07. The van der Waals surface area contributed by atoms with Crippen LogP contribution in [0.15, 0.2) is 53.7 Å². The van der Waals surface area contributed by atoms with E-state index in [4.69, 9.17) is 19.3 Å². The van der Waals surface area contributed by atoms with E-state index >= 15 is 0 Å². The van der Waals surface area contributed by atoms with Gasteiger partial charge in [0.2, 0.25) is 17.3 Å². The van der Waals surface area contributed by atoms with Crippen LogP contribution in [0.5, 0.6) is 63.2 Å². The fraction of sp³-hybridized carbons (Fsp3) is 0.194. The number of fused-ring (bicyclic) bond motifs is 7. The summed E-state index contributed by atoms with van der Waals surface area (Å²) in [6.45, 7) is 1.41. The quantitative estimate of drug-likeness (QED) is 0.0917. The monoisotopic (exact) mass is 634 g/mol. The number of ketones is 1. The molecule has 0 amide bonds. The number of phenolic OH excluding ortho intramolecular Hbond substituents is 7. The summed E-state index contributed by atoms with van der Waals surface area (Å²) in [5.74, 6) is -9.19. The van der Waals surface area contributed by atoms with E-state index in [1.807, 2.05) is 0 Å². The molecule has 15 nitrogen and oxygen atoms in total. The molecule has 4 aromatic rings. The maximum atomic E-state index is 13.8. The summed E-state index contributed by atoms with van der Waals surface area (Å²) in [5.41, 5.74) is -3.07. The van der Waals surface area contributed by atoms with Crippen molar-refractivity contribution in [3.8, 4) is 63.2 Å². The summed E-state index contributed by atoms with van der Waals surface area (Å²) in [4.78, 5) is 25.8. The van der Waals surface area contributed by atoms with Crippen LogP contribution in [0.25, 0.3) is 0 Å². The number of benzene rings is 4. The molecule has 5 atom stereocenters. The lowest BCUT2D eigenvalue weighted by Gasteiger charge is -2.54. The van der Waals surface area contributed by atoms with Gasteiger partial charge < -0.3 is 60.2 Å². The lowest BCUT2D eigenvalue weighted by molar-refractivity contribution is -0.233. The van der Waals surface area contributed by atoms with Crippen LogP contribution in [0, 0.1) is 4.91 Å². The molecule has 0 aliphatic carbocycles. The van der Waals surface area contributed by atoms with E-state index in [-0.39, 0.29) is 45.3 Å². The van der Waals surface area contributed by atoms with Crippen LogP contribution in [0.4, 0.5) is 0 Å². The number of carbonyl (C=O) groups is 1. The molecule has 2 bridgehead atoms. The van der Waals surface area contributed by atoms with Crippen molar-refractivity contribution >= 4 is 5.78 Å². The molecule has 15 heteroatoms. The molecule has 0 radical (unpaired) electrons. The van der Waals surface area contributed by atoms with E-state index in [0.29, 0.717) is 0 Å². The normalized spacial score (nSPS) is 25.6. The van der Waals surface area contributed by atoms with E-state index in [9.17, 15) is 50.6 Å². The van der Waals surface area contributed by atoms with Crippen molar-refractivity contribution in [2.45, 2.75) is 36.4 Å². The minimum atomic E-state index is -2.24. The van der Waals surface area contributed by atoms with Crippen LogP contribution in [0.2, 0.25) is 0 Å². The zero-order chi connectivity index (χ0) is 33.0. The van der Waals surface area contributed by atoms with Crippen LogP contribution in [0.3, 0.4) is 0 Å². The third-order valence-corrected chi connectivity index (χ3v) is 8.80. The summed E-state index contributed by atoms with van der Waals surface area (Å²) in [7, 11) is 0. The van der Waals surface area contributed by atoms with Gasteiger partial charge in [-0.05, 0) is 31.2 Å². The molecule has 3 heterocycles. The predicted molar refractivity (Wildman–Crippen MR) is 153 cm³/mol. The van der Waals surface area contributed by atoms with Gasteiger partial charge in [0.05, 0.1) is 11.0 Å². The average molecular weight is 635 g/mol. The fourth-order valence-electron chi connectivity index (χ4n) is 6.63. The van der Waals surface area contributed by atoms with Crippen LogP contribution in [-0.4, -0.2) is 63.9 Å². The summed E-state index contributed by atoms with van der Waals surface area (Å²) >= 11 is 0. The van der Waals surface area contributed by atoms with Crippen molar-refractivity contribution in [3.05, 3.63) is 81.3 Å². The van der Waals surface area contributed by atoms with Crippen LogP contribution < -0.4 is 14.2 Å². The number of Topliss-reactive ketones (excluding diaryl/α,β-unsaturated/α-hetero) is 1. The summed E-state index contributed by atoms with van der Waals surface area (Å²) < 4.78 is 18.3. The first-order valence-corrected chi connectivity index (χ1v) is 13.6. The number of aromatic hydroxyl groups is 7. The number of ether oxygens (including phenoxy) is 3. The first kappa shape index (κ1) is 28.7. The maximum Gasteiger partial charge on any atom is 0.305 e. The van der Waals surface area contributed by atoms with E-state index in [1.165, 1.54) is 13.0 Å². The highest BCUT2D eigenvalue weighted by atomic mass is 16.7. The SMILES string of the molecule is CC12c3c(O)cc(O)cc3OC(c3ccc(O)c([OH2+])c3)(Oc3cc4c(c(O)c31)C(=O)C(N=O)C(c1ccc(O)c(O)c1O)O4)C2O. The van der Waals surface area contributed by atoms with Crippen molar-refractivity contribution in [1.29, 1.82) is 0 Å². The van der Waals surface area contributed by atoms with Crippen LogP contribution in [-0.2, 0) is 11.2 Å². The van der Waals surface area contributed by atoms with E-state index in [1.54, 1.807) is 0 Å². The number of hydrogen-bond acceptors (Lipinski definition) is 14. The molecule has 4 aromatic carbocycles. The molecule has 5 unspecified atom stereocenters. The van der Waals surface area contributed by atoms with Crippen molar-refractivity contribution in [1.82, 2.24) is 0 Å². The number of aliphatic hydroxyl groups excluding tert-OH is 1. The number of rotatable bonds is 3. The number of hydrogen-bond donors (Lipinski definition) is 8. The Morgan fingerprint density at radius 1 is 0.783 bits per heavy atom. The van der Waals surface area contributed by atoms with Gasteiger partial charge in [0.15, 0.2) is 23.6 Å². The zero-order valence-corrected chi connectivity index (χ0v) is 23.4. The second-order valence-electron chi connectivity index (χ2n) is 11.3. The third-order valence-electron chi connectivity index (χ3n) is 8.80. The third kappa shape index (κ3) is 3.48. The van der Waals surface area contributed by atoms with Gasteiger partial charge in [-0.2, -0.15) is 0 Å². The first-order valence-electron chi connectivity index (χ1n) is 13.6. The van der Waals surface area contributed by atoms with Gasteiger partial charge >= 0.3 is 5.79 Å². The molecule has 10 N–H and O–H groups in total. The minimum Gasteiger partial charge on any atom is -0.591 e. The Kier molecular flexibility index (Phi) is 5.74. The summed E-state index contributed by atoms with van der Waals surface area (Å²) in [6.07, 6.45) is -3.49. The number of aliphatic hydroxyl groups is 1. The Labute approximate surface area is 256 Å². The van der Waals surface area contributed by atoms with Crippen molar-refractivity contribution in [2.24, 2.45) is 5.18 Å². The summed E-state index contributed by atoms with van der Waals surface area (Å²) in [5, 5.41) is 96.5. The highest BCUT2D eigenvalue weighted by Gasteiger charge is 2.66. The molecule has 0 saturated carbocycles. The van der Waals surface area contributed by atoms with E-state index in [0.717, 1.165) is 42.5 Å². The lowest BCUT2D eigenvalue weighted by atomic mass is 9.63. The molecule has 0 spiro atoms. The van der Waals surface area contributed by atoms with Gasteiger partial charge in [-0.25, -0.2) is 0 Å². The first-order chi connectivity index (χ1) is 21.7. The Morgan fingerprint density at radius 3 is 2.13 bits per heavy atom.